The fourth-order valence-corrected chi connectivity index (χ4v) is 0.399. The van der Waals surface area contributed by atoms with Crippen LogP contribution in [0.5, 0.6) is 0 Å². The Labute approximate surface area is 46.1 Å². The van der Waals surface area contributed by atoms with E-state index in [1.807, 2.05) is 0 Å². The normalized spacial score (nSPS) is 8.50. The average Bonchev–Trinajstić information content (AvgIpc) is 2.19. The van der Waals surface area contributed by atoms with Crippen LogP contribution < -0.4 is 5.43 Å². The molecule has 0 aliphatic rings. The summed E-state index contributed by atoms with van der Waals surface area (Å²) in [5.41, 5.74) is 2.31. The van der Waals surface area contributed by atoms with Crippen LogP contribution >= 0.6 is 0 Å². The molecule has 0 unspecified atom stereocenters. The second-order valence-corrected chi connectivity index (χ2v) is 1.20. The van der Waals surface area contributed by atoms with Gasteiger partial charge in [0.2, 0.25) is 6.41 Å². The summed E-state index contributed by atoms with van der Waals surface area (Å²) in [4.78, 5) is 11.0. The van der Waals surface area contributed by atoms with E-state index in [9.17, 15) is 4.79 Å². The van der Waals surface area contributed by atoms with Gasteiger partial charge in [0.1, 0.15) is 0 Å². The summed E-state index contributed by atoms with van der Waals surface area (Å²) < 4.78 is 0. The van der Waals surface area contributed by atoms with E-state index >= 15 is 0 Å². The monoisotopic (exact) mass is 111 g/mol. The molecule has 0 radical (unpaired) electrons. The van der Waals surface area contributed by atoms with E-state index < -0.39 is 0 Å². The molecular formula is C4H5N3O. The Morgan fingerprint density at radius 1 is 1.75 bits per heavy atom. The molecular weight excluding hydrogens is 106 g/mol. The van der Waals surface area contributed by atoms with Gasteiger partial charge in [-0.05, 0) is 6.07 Å². The topological polar surface area (TPSA) is 46.9 Å². The van der Waals surface area contributed by atoms with Crippen molar-refractivity contribution in [2.75, 3.05) is 5.43 Å². The van der Waals surface area contributed by atoms with Gasteiger partial charge >= 0.3 is 0 Å². The maximum absolute atomic E-state index is 9.70. The summed E-state index contributed by atoms with van der Waals surface area (Å²) in [6, 6.07) is 1.72. The first-order valence-electron chi connectivity index (χ1n) is 2.13. The fraction of sp³-hybridized carbons (Fsp3) is 0. The molecule has 4 nitrogen and oxygen atoms in total. The molecule has 1 aromatic heterocycles. The third-order valence-electron chi connectivity index (χ3n) is 0.689. The highest BCUT2D eigenvalue weighted by Crippen LogP contribution is 1.74. The second kappa shape index (κ2) is 2.11. The smallest absolute Gasteiger partial charge is 0.227 e. The minimum atomic E-state index is 0.562. The van der Waals surface area contributed by atoms with E-state index in [0.29, 0.717) is 6.41 Å². The van der Waals surface area contributed by atoms with Gasteiger partial charge < -0.3 is 0 Å². The van der Waals surface area contributed by atoms with Gasteiger partial charge in [-0.1, -0.05) is 0 Å². The number of hydrogen-bond donors (Lipinski definition) is 1. The molecule has 1 N–H and O–H groups in total. The molecule has 1 rings (SSSR count). The SMILES string of the molecule is O=CNn1cccn1. The third-order valence-corrected chi connectivity index (χ3v) is 0.689. The largest absolute Gasteiger partial charge is 0.277 e. The quantitative estimate of drug-likeness (QED) is 0.527. The summed E-state index contributed by atoms with van der Waals surface area (Å²) in [7, 11) is 0. The van der Waals surface area contributed by atoms with Gasteiger partial charge in [-0.2, -0.15) is 9.89 Å². The van der Waals surface area contributed by atoms with Crippen molar-refractivity contribution < 1.29 is 4.79 Å². The first kappa shape index (κ1) is 4.83. The Hall–Kier alpha value is -1.32. The third kappa shape index (κ3) is 0.841. The number of hydrogen-bond acceptors (Lipinski definition) is 2. The number of aromatic nitrogens is 2. The molecule has 4 heteroatoms. The van der Waals surface area contributed by atoms with Gasteiger partial charge in [0.05, 0.1) is 6.20 Å². The first-order valence-corrected chi connectivity index (χ1v) is 2.13. The van der Waals surface area contributed by atoms with Crippen molar-refractivity contribution in [3.63, 3.8) is 0 Å². The van der Waals surface area contributed by atoms with Crippen LogP contribution in [0.4, 0.5) is 0 Å². The predicted octanol–water partition coefficient (Wildman–Crippen LogP) is -0.417. The van der Waals surface area contributed by atoms with E-state index in [0.717, 1.165) is 0 Å². The van der Waals surface area contributed by atoms with Crippen LogP contribution in [-0.4, -0.2) is 16.3 Å². The van der Waals surface area contributed by atoms with E-state index in [4.69, 9.17) is 0 Å². The summed E-state index contributed by atoms with van der Waals surface area (Å²) in [6.45, 7) is 0. The van der Waals surface area contributed by atoms with E-state index in [1.165, 1.54) is 4.79 Å². The molecule has 0 bridgehead atoms. The Bertz CT molecular complexity index is 158. The zero-order chi connectivity index (χ0) is 5.82. The highest BCUT2D eigenvalue weighted by Gasteiger charge is 1.79. The van der Waals surface area contributed by atoms with Crippen molar-refractivity contribution in [2.45, 2.75) is 0 Å². The second-order valence-electron chi connectivity index (χ2n) is 1.20. The van der Waals surface area contributed by atoms with E-state index in [1.54, 1.807) is 18.5 Å². The molecule has 1 amide bonds. The van der Waals surface area contributed by atoms with Crippen molar-refractivity contribution in [1.29, 1.82) is 0 Å². The first-order chi connectivity index (χ1) is 3.93. The Kier molecular flexibility index (Phi) is 1.27. The van der Waals surface area contributed by atoms with Crippen LogP contribution in [0.2, 0.25) is 0 Å². The van der Waals surface area contributed by atoms with Crippen LogP contribution in [0.25, 0.3) is 0 Å². The molecule has 8 heavy (non-hydrogen) atoms. The number of carbonyl (C=O) groups is 1. The van der Waals surface area contributed by atoms with Gasteiger partial charge in [0.25, 0.3) is 0 Å². The number of amides is 1. The van der Waals surface area contributed by atoms with E-state index in [-0.39, 0.29) is 0 Å². The zero-order valence-electron chi connectivity index (χ0n) is 4.11. The van der Waals surface area contributed by atoms with Crippen molar-refractivity contribution in [3.8, 4) is 0 Å². The standard InChI is InChI=1S/C4H5N3O/c8-4-6-7-3-1-2-5-7/h1-4H,(H,6,8). The lowest BCUT2D eigenvalue weighted by atomic mass is 10.8. The van der Waals surface area contributed by atoms with Crippen LogP contribution in [0, 0.1) is 0 Å². The van der Waals surface area contributed by atoms with Crippen molar-refractivity contribution in [3.05, 3.63) is 18.5 Å². The van der Waals surface area contributed by atoms with Crippen LogP contribution in [0.15, 0.2) is 18.5 Å². The van der Waals surface area contributed by atoms with Gasteiger partial charge in [-0.15, -0.1) is 0 Å². The van der Waals surface area contributed by atoms with Crippen molar-refractivity contribution >= 4 is 6.41 Å². The summed E-state index contributed by atoms with van der Waals surface area (Å²) in [5.74, 6) is 0. The molecule has 0 aliphatic heterocycles. The molecule has 0 saturated heterocycles. The van der Waals surface area contributed by atoms with Gasteiger partial charge in [-0.3, -0.25) is 4.79 Å². The molecule has 42 valence electrons. The average molecular weight is 111 g/mol. The van der Waals surface area contributed by atoms with Crippen LogP contribution in [0.3, 0.4) is 0 Å². The zero-order valence-corrected chi connectivity index (χ0v) is 4.11. The molecule has 0 aliphatic carbocycles. The lowest BCUT2D eigenvalue weighted by Gasteiger charge is -1.91. The van der Waals surface area contributed by atoms with Crippen LogP contribution in [-0.2, 0) is 4.79 Å². The highest BCUT2D eigenvalue weighted by molar-refractivity contribution is 5.55. The highest BCUT2D eigenvalue weighted by atomic mass is 16.1. The Balaban J connectivity index is 2.62. The summed E-state index contributed by atoms with van der Waals surface area (Å²) >= 11 is 0. The summed E-state index contributed by atoms with van der Waals surface area (Å²) in [5, 5.41) is 3.68. The van der Waals surface area contributed by atoms with Crippen molar-refractivity contribution in [1.82, 2.24) is 9.89 Å². The number of nitrogens with one attached hydrogen (secondary N) is 1. The summed E-state index contributed by atoms with van der Waals surface area (Å²) in [6.07, 6.45) is 3.78. The Morgan fingerprint density at radius 3 is 3.12 bits per heavy atom. The molecule has 0 saturated carbocycles. The predicted molar refractivity (Wildman–Crippen MR) is 27.7 cm³/mol. The molecule has 0 fully saturated rings. The van der Waals surface area contributed by atoms with Crippen LogP contribution in [0.1, 0.15) is 0 Å². The van der Waals surface area contributed by atoms with E-state index in [2.05, 4.69) is 10.5 Å². The number of rotatable bonds is 2. The van der Waals surface area contributed by atoms with Crippen molar-refractivity contribution in [2.24, 2.45) is 0 Å². The lowest BCUT2D eigenvalue weighted by molar-refractivity contribution is -0.106. The van der Waals surface area contributed by atoms with Gasteiger partial charge in [0, 0.05) is 6.20 Å². The molecule has 0 atom stereocenters. The molecule has 0 aromatic carbocycles. The molecule has 1 aromatic rings. The minimum absolute atomic E-state index is 0.562. The van der Waals surface area contributed by atoms with Gasteiger partial charge in [-0.25, -0.2) is 5.43 Å². The Morgan fingerprint density at radius 2 is 2.62 bits per heavy atom. The fourth-order valence-electron chi connectivity index (χ4n) is 0.399. The number of nitrogens with zero attached hydrogens (tertiary/aromatic N) is 2. The molecule has 1 heterocycles. The van der Waals surface area contributed by atoms with Gasteiger partial charge in [0.15, 0.2) is 0 Å². The maximum Gasteiger partial charge on any atom is 0.227 e. The minimum Gasteiger partial charge on any atom is -0.277 e. The molecule has 0 spiro atoms. The lowest BCUT2D eigenvalue weighted by Crippen LogP contribution is -2.11. The number of carbonyl (C=O) groups excluding carboxylic acids is 1. The maximum atomic E-state index is 9.70.